The summed E-state index contributed by atoms with van der Waals surface area (Å²) in [4.78, 5) is 10.4. The maximum absolute atomic E-state index is 2.61. The van der Waals surface area contributed by atoms with Crippen LogP contribution in [0.15, 0.2) is 0 Å². The lowest BCUT2D eigenvalue weighted by Crippen LogP contribution is -2.59. The smallest absolute Gasteiger partial charge is 0.0916 e. The van der Waals surface area contributed by atoms with Gasteiger partial charge in [0.2, 0.25) is 0 Å². The number of quaternary nitrogens is 1. The Morgan fingerprint density at radius 1 is 0.345 bits per heavy atom. The van der Waals surface area contributed by atoms with Crippen molar-refractivity contribution in [1.29, 1.82) is 0 Å². The Kier molecular flexibility index (Phi) is 17.4. The Balaban J connectivity index is 5.46. The van der Waals surface area contributed by atoms with Gasteiger partial charge in [0.1, 0.15) is 0 Å². The van der Waals surface area contributed by atoms with Crippen molar-refractivity contribution in [1.82, 2.24) is 19.6 Å². The molecule has 0 aromatic rings. The fourth-order valence-corrected chi connectivity index (χ4v) is 4.24. The van der Waals surface area contributed by atoms with Crippen molar-refractivity contribution in [2.24, 2.45) is 0 Å². The van der Waals surface area contributed by atoms with Gasteiger partial charge in [-0.05, 0) is 52.4 Å². The molecule has 0 atom stereocenters. The van der Waals surface area contributed by atoms with Crippen LogP contribution in [0.2, 0.25) is 0 Å². The second kappa shape index (κ2) is 17.5. The second-order valence-corrected chi connectivity index (χ2v) is 8.34. The molecular formula is C24H56N5+. The number of likely N-dealkylation sites (N-methyl/N-ethyl adjacent to an activating group) is 4. The monoisotopic (exact) mass is 414 g/mol. The highest BCUT2D eigenvalue weighted by Gasteiger charge is 2.29. The molecule has 176 valence electrons. The fourth-order valence-electron chi connectivity index (χ4n) is 4.24. The molecule has 0 radical (unpaired) electrons. The zero-order chi connectivity index (χ0) is 22.1. The summed E-state index contributed by atoms with van der Waals surface area (Å²) in [6.45, 7) is 37.8. The van der Waals surface area contributed by atoms with Crippen LogP contribution in [-0.4, -0.2) is 129 Å². The van der Waals surface area contributed by atoms with Crippen LogP contribution in [0.4, 0.5) is 0 Å². The van der Waals surface area contributed by atoms with Gasteiger partial charge in [0.15, 0.2) is 0 Å². The molecule has 0 rings (SSSR count). The average molecular weight is 415 g/mol. The van der Waals surface area contributed by atoms with E-state index in [9.17, 15) is 0 Å². The van der Waals surface area contributed by atoms with E-state index in [2.05, 4.69) is 75.0 Å². The quantitative estimate of drug-likeness (QED) is 0.284. The molecule has 0 aromatic carbocycles. The first kappa shape index (κ1) is 28.8. The molecule has 0 aromatic heterocycles. The molecule has 0 amide bonds. The molecule has 29 heavy (non-hydrogen) atoms. The molecule has 0 aliphatic rings. The predicted molar refractivity (Wildman–Crippen MR) is 131 cm³/mol. The van der Waals surface area contributed by atoms with E-state index >= 15 is 0 Å². The first-order valence-electron chi connectivity index (χ1n) is 12.7. The molecule has 0 aliphatic carbocycles. The Hall–Kier alpha value is -0.200. The Labute approximate surface area is 184 Å². The minimum Gasteiger partial charge on any atom is -0.319 e. The minimum absolute atomic E-state index is 1.17. The van der Waals surface area contributed by atoms with Gasteiger partial charge in [-0.15, -0.1) is 0 Å². The van der Waals surface area contributed by atoms with Crippen molar-refractivity contribution in [3.05, 3.63) is 0 Å². The van der Waals surface area contributed by atoms with E-state index < -0.39 is 0 Å². The van der Waals surface area contributed by atoms with E-state index in [4.69, 9.17) is 0 Å². The predicted octanol–water partition coefficient (Wildman–Crippen LogP) is 3.17. The molecule has 0 fully saturated rings. The zero-order valence-electron chi connectivity index (χ0n) is 21.5. The summed E-state index contributed by atoms with van der Waals surface area (Å²) in [6, 6.07) is 0. The molecule has 0 saturated carbocycles. The Morgan fingerprint density at radius 2 is 0.517 bits per heavy atom. The summed E-state index contributed by atoms with van der Waals surface area (Å²) < 4.78 is 1.26. The molecule has 0 unspecified atom stereocenters. The average Bonchev–Trinajstić information content (AvgIpc) is 2.76. The van der Waals surface area contributed by atoms with Crippen molar-refractivity contribution in [2.45, 2.75) is 55.4 Å². The van der Waals surface area contributed by atoms with Gasteiger partial charge in [-0.25, -0.2) is 0 Å². The van der Waals surface area contributed by atoms with Crippen molar-refractivity contribution >= 4 is 0 Å². The third-order valence-corrected chi connectivity index (χ3v) is 7.14. The van der Waals surface area contributed by atoms with Crippen molar-refractivity contribution in [3.63, 3.8) is 0 Å². The summed E-state index contributed by atoms with van der Waals surface area (Å²) in [6.07, 6.45) is 0. The summed E-state index contributed by atoms with van der Waals surface area (Å²) >= 11 is 0. The number of hydrogen-bond acceptors (Lipinski definition) is 4. The SMILES string of the molecule is CCN(CC)CC[N+](CCN(CC)CC)(CCN(CC)CC)CCN(CC)CC. The highest BCUT2D eigenvalue weighted by molar-refractivity contribution is 4.62. The first-order valence-corrected chi connectivity index (χ1v) is 12.7. The first-order chi connectivity index (χ1) is 14.0. The highest BCUT2D eigenvalue weighted by Crippen LogP contribution is 2.11. The Bertz CT molecular complexity index is 278. The second-order valence-electron chi connectivity index (χ2n) is 8.34. The van der Waals surface area contributed by atoms with E-state index in [0.717, 1.165) is 0 Å². The van der Waals surface area contributed by atoms with Crippen LogP contribution < -0.4 is 0 Å². The standard InChI is InChI=1S/C24H56N5/c1-9-25(10-2)17-21-29(22-18-26(11-3)12-4,23-19-27(13-5)14-6)24-20-28(15-7)16-8/h9-24H2,1-8H3/q+1. The van der Waals surface area contributed by atoms with E-state index in [-0.39, 0.29) is 0 Å². The molecule has 0 N–H and O–H groups in total. The summed E-state index contributed by atoms with van der Waals surface area (Å²) in [7, 11) is 0. The molecule has 0 spiro atoms. The van der Waals surface area contributed by atoms with Gasteiger partial charge in [-0.1, -0.05) is 55.4 Å². The van der Waals surface area contributed by atoms with Crippen molar-refractivity contribution in [2.75, 3.05) is 105 Å². The van der Waals surface area contributed by atoms with Gasteiger partial charge < -0.3 is 4.48 Å². The topological polar surface area (TPSA) is 13.0 Å². The lowest BCUT2D eigenvalue weighted by molar-refractivity contribution is -0.926. The molecule has 0 heterocycles. The van der Waals surface area contributed by atoms with Gasteiger partial charge in [-0.3, -0.25) is 19.6 Å². The largest absolute Gasteiger partial charge is 0.319 e. The zero-order valence-corrected chi connectivity index (χ0v) is 21.5. The third-order valence-electron chi connectivity index (χ3n) is 7.14. The van der Waals surface area contributed by atoms with Gasteiger partial charge in [0.05, 0.1) is 26.2 Å². The lowest BCUT2D eigenvalue weighted by atomic mass is 10.2. The van der Waals surface area contributed by atoms with E-state index in [1.54, 1.807) is 0 Å². The molecule has 0 saturated heterocycles. The molecule has 5 nitrogen and oxygen atoms in total. The van der Waals surface area contributed by atoms with Crippen LogP contribution in [0.25, 0.3) is 0 Å². The number of rotatable bonds is 20. The van der Waals surface area contributed by atoms with Crippen molar-refractivity contribution < 1.29 is 4.48 Å². The van der Waals surface area contributed by atoms with Crippen molar-refractivity contribution in [3.8, 4) is 0 Å². The molecule has 0 aliphatic heterocycles. The van der Waals surface area contributed by atoms with Crippen LogP contribution in [0.3, 0.4) is 0 Å². The summed E-state index contributed by atoms with van der Waals surface area (Å²) in [5.41, 5.74) is 0. The maximum atomic E-state index is 2.61. The van der Waals surface area contributed by atoms with Crippen LogP contribution in [-0.2, 0) is 0 Å². The number of nitrogens with zero attached hydrogens (tertiary/aromatic N) is 5. The fraction of sp³-hybridized carbons (Fsp3) is 1.00. The molecular weight excluding hydrogens is 358 g/mol. The van der Waals surface area contributed by atoms with Crippen LogP contribution in [0.1, 0.15) is 55.4 Å². The summed E-state index contributed by atoms with van der Waals surface area (Å²) in [5, 5.41) is 0. The van der Waals surface area contributed by atoms with Crippen LogP contribution in [0.5, 0.6) is 0 Å². The van der Waals surface area contributed by atoms with Crippen LogP contribution in [0, 0.1) is 0 Å². The van der Waals surface area contributed by atoms with E-state index in [1.807, 2.05) is 0 Å². The van der Waals surface area contributed by atoms with Gasteiger partial charge in [0.25, 0.3) is 0 Å². The Morgan fingerprint density at radius 3 is 0.655 bits per heavy atom. The number of hydrogen-bond donors (Lipinski definition) is 0. The van der Waals surface area contributed by atoms with Gasteiger partial charge in [-0.2, -0.15) is 0 Å². The van der Waals surface area contributed by atoms with E-state index in [0.29, 0.717) is 0 Å². The van der Waals surface area contributed by atoms with Gasteiger partial charge >= 0.3 is 0 Å². The summed E-state index contributed by atoms with van der Waals surface area (Å²) in [5.74, 6) is 0. The third kappa shape index (κ3) is 11.7. The highest BCUT2D eigenvalue weighted by atomic mass is 15.4. The maximum Gasteiger partial charge on any atom is 0.0916 e. The van der Waals surface area contributed by atoms with Gasteiger partial charge in [0, 0.05) is 26.2 Å². The molecule has 5 heteroatoms. The normalized spacial score (nSPS) is 12.8. The van der Waals surface area contributed by atoms with Crippen LogP contribution >= 0.6 is 0 Å². The van der Waals surface area contributed by atoms with E-state index in [1.165, 1.54) is 109 Å². The molecule has 0 bridgehead atoms. The lowest BCUT2D eigenvalue weighted by Gasteiger charge is -2.43. The minimum atomic E-state index is 1.17.